The van der Waals surface area contributed by atoms with E-state index < -0.39 is 5.97 Å². The number of carboxylic acids is 1. The summed E-state index contributed by atoms with van der Waals surface area (Å²) in [7, 11) is 0. The number of rotatable bonds is 3. The van der Waals surface area contributed by atoms with Gasteiger partial charge in [0.2, 0.25) is 5.69 Å². The molecule has 0 aliphatic heterocycles. The van der Waals surface area contributed by atoms with Crippen LogP contribution < -0.4 is 0 Å². The molecule has 0 saturated heterocycles. The maximum Gasteiger partial charge on any atom is 0.358 e. The van der Waals surface area contributed by atoms with Crippen LogP contribution in [-0.4, -0.2) is 30.6 Å². The molecule has 1 aromatic carbocycles. The van der Waals surface area contributed by atoms with Crippen molar-refractivity contribution < 1.29 is 9.90 Å². The van der Waals surface area contributed by atoms with Gasteiger partial charge >= 0.3 is 5.97 Å². The van der Waals surface area contributed by atoms with Crippen molar-refractivity contribution >= 4 is 22.6 Å². The largest absolute Gasteiger partial charge is 0.476 e. The van der Waals surface area contributed by atoms with Gasteiger partial charge in [-0.25, -0.2) is 9.64 Å². The molecule has 3 aromatic rings. The SMILES string of the molecule is [C-]#[N+]c1cn(C(C)C)c2ccc(-n3ncc(C(=O)O)n3)cc12. The Bertz CT molecular complexity index is 914. The number of benzene rings is 1. The molecule has 0 bridgehead atoms. The summed E-state index contributed by atoms with van der Waals surface area (Å²) in [6.07, 6.45) is 3.02. The van der Waals surface area contributed by atoms with E-state index in [1.54, 1.807) is 12.1 Å². The van der Waals surface area contributed by atoms with Gasteiger partial charge in [0.1, 0.15) is 0 Å². The smallest absolute Gasteiger partial charge is 0.358 e. The number of aromatic nitrogens is 4. The molecule has 0 fully saturated rings. The first-order valence-corrected chi connectivity index (χ1v) is 6.69. The van der Waals surface area contributed by atoms with Crippen molar-refractivity contribution in [2.45, 2.75) is 19.9 Å². The lowest BCUT2D eigenvalue weighted by atomic mass is 10.2. The molecule has 3 rings (SSSR count). The Morgan fingerprint density at radius 2 is 2.18 bits per heavy atom. The Hall–Kier alpha value is -3.14. The van der Waals surface area contributed by atoms with E-state index in [0.717, 1.165) is 10.9 Å². The van der Waals surface area contributed by atoms with Crippen molar-refractivity contribution in [1.29, 1.82) is 0 Å². The van der Waals surface area contributed by atoms with Crippen molar-refractivity contribution in [1.82, 2.24) is 19.6 Å². The number of carbonyl (C=O) groups is 1. The molecule has 2 aromatic heterocycles. The number of aromatic carboxylic acids is 1. The number of hydrogen-bond acceptors (Lipinski definition) is 3. The van der Waals surface area contributed by atoms with E-state index in [1.165, 1.54) is 11.0 Å². The van der Waals surface area contributed by atoms with Gasteiger partial charge in [-0.2, -0.15) is 9.90 Å². The lowest BCUT2D eigenvalue weighted by Gasteiger charge is -2.09. The van der Waals surface area contributed by atoms with E-state index in [2.05, 4.69) is 28.9 Å². The van der Waals surface area contributed by atoms with E-state index in [0.29, 0.717) is 11.4 Å². The average molecular weight is 295 g/mol. The lowest BCUT2D eigenvalue weighted by molar-refractivity contribution is 0.0690. The fraction of sp³-hybridized carbons (Fsp3) is 0.200. The molecule has 7 heteroatoms. The van der Waals surface area contributed by atoms with Crippen LogP contribution in [0.2, 0.25) is 0 Å². The summed E-state index contributed by atoms with van der Waals surface area (Å²) < 4.78 is 2.03. The molecule has 0 spiro atoms. The van der Waals surface area contributed by atoms with Crippen molar-refractivity contribution in [2.24, 2.45) is 0 Å². The van der Waals surface area contributed by atoms with Crippen LogP contribution in [0, 0.1) is 6.57 Å². The lowest BCUT2D eigenvalue weighted by Crippen LogP contribution is -2.02. The third-order valence-corrected chi connectivity index (χ3v) is 3.41. The summed E-state index contributed by atoms with van der Waals surface area (Å²) >= 11 is 0. The molecule has 110 valence electrons. The van der Waals surface area contributed by atoms with Gasteiger partial charge in [0.15, 0.2) is 5.69 Å². The Morgan fingerprint density at radius 1 is 1.41 bits per heavy atom. The normalized spacial score (nSPS) is 11.0. The predicted molar refractivity (Wildman–Crippen MR) is 80.5 cm³/mol. The van der Waals surface area contributed by atoms with Crippen molar-refractivity contribution in [3.05, 3.63) is 47.7 Å². The summed E-state index contributed by atoms with van der Waals surface area (Å²) in [6, 6.07) is 5.74. The van der Waals surface area contributed by atoms with Crippen molar-refractivity contribution in [2.75, 3.05) is 0 Å². The van der Waals surface area contributed by atoms with Crippen LogP contribution >= 0.6 is 0 Å². The monoisotopic (exact) mass is 295 g/mol. The van der Waals surface area contributed by atoms with Gasteiger partial charge in [-0.1, -0.05) is 0 Å². The Morgan fingerprint density at radius 3 is 2.77 bits per heavy atom. The molecule has 0 saturated carbocycles. The fourth-order valence-corrected chi connectivity index (χ4v) is 2.35. The Kier molecular flexibility index (Phi) is 3.14. The van der Waals surface area contributed by atoms with Crippen LogP contribution in [0.15, 0.2) is 30.6 Å². The highest BCUT2D eigenvalue weighted by Crippen LogP contribution is 2.32. The van der Waals surface area contributed by atoms with Crippen LogP contribution in [0.1, 0.15) is 30.4 Å². The van der Waals surface area contributed by atoms with Crippen molar-refractivity contribution in [3.8, 4) is 5.69 Å². The quantitative estimate of drug-likeness (QED) is 0.753. The second-order valence-corrected chi connectivity index (χ2v) is 5.15. The van der Waals surface area contributed by atoms with E-state index in [-0.39, 0.29) is 11.7 Å². The highest BCUT2D eigenvalue weighted by atomic mass is 16.4. The minimum absolute atomic E-state index is 0.120. The van der Waals surface area contributed by atoms with E-state index in [4.69, 9.17) is 11.7 Å². The number of nitrogens with zero attached hydrogens (tertiary/aromatic N) is 5. The standard InChI is InChI=1S/C15H13N5O2/c1-9(2)19-8-13(16-3)11-6-10(4-5-14(11)19)20-17-7-12(18-20)15(21)22/h4-9H,1-2H3,(H,21,22). The second kappa shape index (κ2) is 5.00. The minimum atomic E-state index is -1.12. The molecule has 0 aliphatic carbocycles. The van der Waals surface area contributed by atoms with E-state index in [9.17, 15) is 4.79 Å². The van der Waals surface area contributed by atoms with Crippen molar-refractivity contribution in [3.63, 3.8) is 0 Å². The van der Waals surface area contributed by atoms with Gasteiger partial charge in [0.05, 0.1) is 18.5 Å². The molecule has 0 amide bonds. The predicted octanol–water partition coefficient (Wildman–Crippen LogP) is 3.05. The van der Waals surface area contributed by atoms with E-state index >= 15 is 0 Å². The van der Waals surface area contributed by atoms with Crippen LogP contribution in [0.25, 0.3) is 21.4 Å². The Balaban J connectivity index is 2.17. The topological polar surface area (TPSA) is 77.3 Å². The zero-order valence-corrected chi connectivity index (χ0v) is 12.1. The molecular weight excluding hydrogens is 282 g/mol. The molecule has 0 unspecified atom stereocenters. The van der Waals surface area contributed by atoms with Gasteiger partial charge < -0.3 is 9.67 Å². The molecule has 1 N–H and O–H groups in total. The van der Waals surface area contributed by atoms with Gasteiger partial charge in [-0.15, -0.1) is 5.10 Å². The highest BCUT2D eigenvalue weighted by Gasteiger charge is 2.13. The fourth-order valence-electron chi connectivity index (χ4n) is 2.35. The second-order valence-electron chi connectivity index (χ2n) is 5.15. The van der Waals surface area contributed by atoms with Gasteiger partial charge in [-0.3, -0.25) is 0 Å². The Labute approximate surface area is 126 Å². The summed E-state index contributed by atoms with van der Waals surface area (Å²) in [5, 5.41) is 17.6. The van der Waals surface area contributed by atoms with Crippen LogP contribution in [-0.2, 0) is 0 Å². The molecule has 0 aliphatic rings. The van der Waals surface area contributed by atoms with Gasteiger partial charge in [0.25, 0.3) is 0 Å². The summed E-state index contributed by atoms with van der Waals surface area (Å²) in [6.45, 7) is 11.4. The van der Waals surface area contributed by atoms with Gasteiger partial charge in [0, 0.05) is 23.1 Å². The van der Waals surface area contributed by atoms with Gasteiger partial charge in [-0.05, 0) is 32.0 Å². The minimum Gasteiger partial charge on any atom is -0.476 e. The van der Waals surface area contributed by atoms with Crippen LogP contribution in [0.3, 0.4) is 0 Å². The number of fused-ring (bicyclic) bond motifs is 1. The summed E-state index contributed by atoms with van der Waals surface area (Å²) in [5.74, 6) is -1.12. The van der Waals surface area contributed by atoms with Crippen LogP contribution in [0.5, 0.6) is 0 Å². The zero-order valence-electron chi connectivity index (χ0n) is 12.1. The number of hydrogen-bond donors (Lipinski definition) is 1. The maximum absolute atomic E-state index is 10.9. The average Bonchev–Trinajstić information content (AvgIpc) is 3.11. The molecular formula is C15H13N5O2. The van der Waals surface area contributed by atoms with E-state index in [1.807, 2.05) is 16.8 Å². The third kappa shape index (κ3) is 2.11. The molecule has 0 atom stereocenters. The third-order valence-electron chi connectivity index (χ3n) is 3.41. The van der Waals surface area contributed by atoms with Crippen LogP contribution in [0.4, 0.5) is 5.69 Å². The molecule has 2 heterocycles. The number of carboxylic acid groups (broad SMARTS) is 1. The summed E-state index contributed by atoms with van der Waals surface area (Å²) in [5.41, 5.74) is 2.00. The highest BCUT2D eigenvalue weighted by molar-refractivity contribution is 5.95. The zero-order chi connectivity index (χ0) is 15.9. The first-order chi connectivity index (χ1) is 10.5. The molecule has 22 heavy (non-hydrogen) atoms. The summed E-state index contributed by atoms with van der Waals surface area (Å²) in [4.78, 5) is 15.7. The maximum atomic E-state index is 10.9. The molecule has 7 nitrogen and oxygen atoms in total. The molecule has 0 radical (unpaired) electrons. The first kappa shape index (κ1) is 13.8. The first-order valence-electron chi connectivity index (χ1n) is 6.69.